The number of nitrogens with zero attached hydrogens (tertiary/aromatic N) is 1. The molecule has 1 amide bonds. The van der Waals surface area contributed by atoms with Gasteiger partial charge in [0.2, 0.25) is 15.9 Å². The summed E-state index contributed by atoms with van der Waals surface area (Å²) in [7, 11) is -3.38. The Bertz CT molecular complexity index is 717. The van der Waals surface area contributed by atoms with E-state index in [9.17, 15) is 13.2 Å². The highest BCUT2D eigenvalue weighted by molar-refractivity contribution is 7.89. The van der Waals surface area contributed by atoms with Crippen LogP contribution in [0.4, 0.5) is 0 Å². The Labute approximate surface area is 174 Å². The van der Waals surface area contributed by atoms with E-state index in [1.165, 1.54) is 25.3 Å². The van der Waals surface area contributed by atoms with E-state index < -0.39 is 10.0 Å². The van der Waals surface area contributed by atoms with Crippen molar-refractivity contribution in [2.75, 3.05) is 18.9 Å². The molecule has 162 valence electrons. The maximum atomic E-state index is 11.9. The first-order valence-electron chi connectivity index (χ1n) is 10.5. The number of hydrogen-bond acceptors (Lipinski definition) is 5. The summed E-state index contributed by atoms with van der Waals surface area (Å²) in [6.45, 7) is 1.04. The highest BCUT2D eigenvalue weighted by atomic mass is 32.2. The molecule has 7 nitrogen and oxygen atoms in total. The van der Waals surface area contributed by atoms with Crippen molar-refractivity contribution < 1.29 is 18.0 Å². The van der Waals surface area contributed by atoms with E-state index in [-0.39, 0.29) is 11.7 Å². The fraction of sp³-hybridized carbons (Fsp3) is 0.619. The zero-order chi connectivity index (χ0) is 20.8. The fourth-order valence-corrected chi connectivity index (χ4v) is 4.24. The monoisotopic (exact) mass is 423 g/mol. The van der Waals surface area contributed by atoms with Crippen molar-refractivity contribution >= 4 is 22.0 Å². The van der Waals surface area contributed by atoms with Gasteiger partial charge in [0.15, 0.2) is 0 Å². The van der Waals surface area contributed by atoms with Gasteiger partial charge in [-0.1, -0.05) is 43.1 Å². The van der Waals surface area contributed by atoms with Gasteiger partial charge in [-0.15, -0.1) is 0 Å². The van der Waals surface area contributed by atoms with Crippen molar-refractivity contribution in [2.45, 2.75) is 57.8 Å². The molecule has 0 saturated heterocycles. The number of carbonyl (C=O) groups is 1. The minimum absolute atomic E-state index is 0.0673. The molecule has 0 aromatic carbocycles. The minimum atomic E-state index is -3.38. The van der Waals surface area contributed by atoms with Crippen molar-refractivity contribution in [3.8, 4) is 0 Å². The second-order valence-corrected chi connectivity index (χ2v) is 9.35. The average molecular weight is 424 g/mol. The molecule has 0 bridgehead atoms. The van der Waals surface area contributed by atoms with Gasteiger partial charge in [-0.2, -0.15) is 0 Å². The summed E-state index contributed by atoms with van der Waals surface area (Å²) in [5, 5.41) is 2.82. The number of hydrogen-bond donors (Lipinski definition) is 2. The van der Waals surface area contributed by atoms with Crippen LogP contribution in [-0.2, 0) is 19.7 Å². The molecule has 1 fully saturated rings. The molecule has 0 unspecified atom stereocenters. The highest BCUT2D eigenvalue weighted by Crippen LogP contribution is 2.23. The van der Waals surface area contributed by atoms with Crippen LogP contribution in [0.1, 0.15) is 63.4 Å². The Kier molecular flexibility index (Phi) is 10.9. The first-order valence-corrected chi connectivity index (χ1v) is 12.2. The van der Waals surface area contributed by atoms with Gasteiger partial charge in [0.05, 0.1) is 12.4 Å². The number of unbranched alkanes of at least 4 members (excludes halogenated alkanes) is 3. The van der Waals surface area contributed by atoms with Gasteiger partial charge in [-0.05, 0) is 49.3 Å². The van der Waals surface area contributed by atoms with E-state index >= 15 is 0 Å². The van der Waals surface area contributed by atoms with Crippen LogP contribution in [0.15, 0.2) is 30.6 Å². The fourth-order valence-electron chi connectivity index (χ4n) is 3.32. The maximum absolute atomic E-state index is 11.9. The molecule has 29 heavy (non-hydrogen) atoms. The van der Waals surface area contributed by atoms with Crippen LogP contribution in [0.2, 0.25) is 0 Å². The van der Waals surface area contributed by atoms with E-state index in [1.807, 2.05) is 12.1 Å². The Morgan fingerprint density at radius 1 is 1.17 bits per heavy atom. The van der Waals surface area contributed by atoms with Crippen LogP contribution in [-0.4, -0.2) is 38.2 Å². The van der Waals surface area contributed by atoms with Gasteiger partial charge in [0, 0.05) is 25.0 Å². The van der Waals surface area contributed by atoms with E-state index in [0.717, 1.165) is 37.7 Å². The van der Waals surface area contributed by atoms with Crippen molar-refractivity contribution in [3.63, 3.8) is 0 Å². The molecule has 1 aliphatic rings. The van der Waals surface area contributed by atoms with E-state index in [4.69, 9.17) is 4.84 Å². The summed E-state index contributed by atoms with van der Waals surface area (Å²) < 4.78 is 23.9. The minimum Gasteiger partial charge on any atom is -0.353 e. The molecule has 0 aliphatic heterocycles. The molecule has 2 rings (SSSR count). The van der Waals surface area contributed by atoms with Gasteiger partial charge in [-0.3, -0.25) is 14.6 Å². The summed E-state index contributed by atoms with van der Waals surface area (Å²) in [6.07, 6.45) is 15.6. The molecule has 2 N–H and O–H groups in total. The van der Waals surface area contributed by atoms with Crippen molar-refractivity contribution in [1.29, 1.82) is 0 Å². The topological polar surface area (TPSA) is 97.4 Å². The summed E-state index contributed by atoms with van der Waals surface area (Å²) in [5.41, 5.74) is 0.875. The van der Waals surface area contributed by atoms with E-state index in [2.05, 4.69) is 15.2 Å². The lowest BCUT2D eigenvalue weighted by molar-refractivity contribution is -0.116. The Hall–Kier alpha value is -1.77. The van der Waals surface area contributed by atoms with E-state index in [1.54, 1.807) is 18.5 Å². The third-order valence-electron chi connectivity index (χ3n) is 4.98. The predicted octanol–water partition coefficient (Wildman–Crippen LogP) is 3.20. The van der Waals surface area contributed by atoms with Gasteiger partial charge >= 0.3 is 0 Å². The number of rotatable bonds is 13. The van der Waals surface area contributed by atoms with Crippen LogP contribution in [0.25, 0.3) is 6.08 Å². The summed E-state index contributed by atoms with van der Waals surface area (Å²) in [4.78, 5) is 23.2. The smallest absolute Gasteiger partial charge is 0.243 e. The SMILES string of the molecule is O=C(C=Cc1cccnc1)NCCCCCCS(=O)(=O)NOCC1CCCCC1. The summed E-state index contributed by atoms with van der Waals surface area (Å²) in [5.74, 6) is 0.398. The quantitative estimate of drug-likeness (QED) is 0.288. The van der Waals surface area contributed by atoms with E-state index in [0.29, 0.717) is 25.5 Å². The Morgan fingerprint density at radius 3 is 2.72 bits per heavy atom. The number of carbonyl (C=O) groups excluding carboxylic acids is 1. The van der Waals surface area contributed by atoms with Crippen molar-refractivity contribution in [2.24, 2.45) is 5.92 Å². The van der Waals surface area contributed by atoms with Crippen LogP contribution in [0.3, 0.4) is 0 Å². The molecular formula is C21H33N3O4S. The van der Waals surface area contributed by atoms with Gasteiger partial charge in [-0.25, -0.2) is 8.42 Å². The molecule has 1 aromatic rings. The van der Waals surface area contributed by atoms with Crippen LogP contribution in [0.5, 0.6) is 0 Å². The third-order valence-corrected chi connectivity index (χ3v) is 6.18. The normalized spacial score (nSPS) is 15.6. The molecule has 0 atom stereocenters. The van der Waals surface area contributed by atoms with Gasteiger partial charge in [0.1, 0.15) is 0 Å². The standard InChI is InChI=1S/C21H33N3O4S/c25-21(13-12-19-11-8-14-22-17-19)23-15-6-1-2-7-16-29(26,27)24-28-18-20-9-4-3-5-10-20/h8,11-14,17,20,24H,1-7,9-10,15-16,18H2,(H,23,25). The van der Waals surface area contributed by atoms with Crippen LogP contribution in [0, 0.1) is 5.92 Å². The molecule has 0 radical (unpaired) electrons. The molecule has 1 aromatic heterocycles. The van der Waals surface area contributed by atoms with Gasteiger partial charge in [0.25, 0.3) is 0 Å². The lowest BCUT2D eigenvalue weighted by Gasteiger charge is -2.20. The van der Waals surface area contributed by atoms with Gasteiger partial charge < -0.3 is 5.32 Å². The van der Waals surface area contributed by atoms with Crippen LogP contribution >= 0.6 is 0 Å². The predicted molar refractivity (Wildman–Crippen MR) is 114 cm³/mol. The zero-order valence-electron chi connectivity index (χ0n) is 17.0. The lowest BCUT2D eigenvalue weighted by atomic mass is 9.90. The lowest BCUT2D eigenvalue weighted by Crippen LogP contribution is -2.29. The highest BCUT2D eigenvalue weighted by Gasteiger charge is 2.15. The number of nitrogens with one attached hydrogen (secondary N) is 2. The van der Waals surface area contributed by atoms with Crippen LogP contribution < -0.4 is 10.2 Å². The van der Waals surface area contributed by atoms with Crippen molar-refractivity contribution in [3.05, 3.63) is 36.2 Å². The molecule has 1 aliphatic carbocycles. The van der Waals surface area contributed by atoms with Crippen molar-refractivity contribution in [1.82, 2.24) is 15.2 Å². The summed E-state index contributed by atoms with van der Waals surface area (Å²) in [6, 6.07) is 3.69. The molecular weight excluding hydrogens is 390 g/mol. The first-order chi connectivity index (χ1) is 14.1. The maximum Gasteiger partial charge on any atom is 0.243 e. The Morgan fingerprint density at radius 2 is 1.97 bits per heavy atom. The average Bonchev–Trinajstić information content (AvgIpc) is 2.73. The summed E-state index contributed by atoms with van der Waals surface area (Å²) >= 11 is 0. The molecule has 1 saturated carbocycles. The number of sulfonamides is 1. The second kappa shape index (κ2) is 13.5. The third kappa shape index (κ3) is 11.1. The molecule has 0 spiro atoms. The number of pyridine rings is 1. The number of amides is 1. The molecule has 1 heterocycles. The second-order valence-electron chi connectivity index (χ2n) is 7.54. The largest absolute Gasteiger partial charge is 0.353 e. The zero-order valence-corrected chi connectivity index (χ0v) is 17.8. The Balaban J connectivity index is 1.46. The number of aromatic nitrogens is 1. The molecule has 8 heteroatoms. The first kappa shape index (κ1) is 23.5.